The first-order valence-electron chi connectivity index (χ1n) is 15.7. The highest BCUT2D eigenvalue weighted by Gasteiger charge is 2.54. The van der Waals surface area contributed by atoms with Crippen molar-refractivity contribution < 1.29 is 45.3 Å². The number of fused-ring (bicyclic) bond motifs is 1. The summed E-state index contributed by atoms with van der Waals surface area (Å²) in [4.78, 5) is 13.6. The summed E-state index contributed by atoms with van der Waals surface area (Å²) < 4.78 is 98.7. The number of nitrogens with two attached hydrogens (primary N) is 2. The number of alkyl halides is 6. The Bertz CT molecular complexity index is 1560. The molecule has 0 aliphatic rings. The van der Waals surface area contributed by atoms with Gasteiger partial charge in [0.05, 0.1) is 5.41 Å². The van der Waals surface area contributed by atoms with Crippen LogP contribution in [0.4, 0.5) is 26.3 Å². The van der Waals surface area contributed by atoms with Crippen LogP contribution in [0.25, 0.3) is 20.5 Å². The number of halogens is 6. The van der Waals surface area contributed by atoms with E-state index < -0.39 is 53.6 Å². The maximum atomic E-state index is 14.3. The monoisotopic (exact) mass is 704 g/mol. The van der Waals surface area contributed by atoms with Crippen molar-refractivity contribution in [3.63, 3.8) is 0 Å². The molecule has 1 heterocycles. The molecule has 1 aromatic heterocycles. The Hall–Kier alpha value is -3.03. The number of hydrogen-bond donors (Lipinski definition) is 2. The van der Waals surface area contributed by atoms with Crippen LogP contribution < -0.4 is 20.9 Å². The Morgan fingerprint density at radius 2 is 1.52 bits per heavy atom. The SMILES string of the molecule is CCCCCc1ccc(-c2cc3ccc(OCC(C)(COC(=O)C(C)(C)C(C)(N)CC(C)(C)N)C(F)(F)F)cc3s2)c(OC(F)(F)F)c1. The molecule has 2 atom stereocenters. The third-order valence-electron chi connectivity index (χ3n) is 8.62. The number of rotatable bonds is 15. The highest BCUT2D eigenvalue weighted by Crippen LogP contribution is 2.43. The lowest BCUT2D eigenvalue weighted by Crippen LogP contribution is -2.59. The summed E-state index contributed by atoms with van der Waals surface area (Å²) in [7, 11) is 0. The quantitative estimate of drug-likeness (QED) is 0.0930. The van der Waals surface area contributed by atoms with Gasteiger partial charge in [0.1, 0.15) is 30.1 Å². The van der Waals surface area contributed by atoms with E-state index in [1.165, 1.54) is 32.0 Å². The van der Waals surface area contributed by atoms with Crippen molar-refractivity contribution in [3.8, 4) is 21.9 Å². The molecule has 0 fully saturated rings. The minimum absolute atomic E-state index is 0.107. The lowest BCUT2D eigenvalue weighted by Gasteiger charge is -2.43. The van der Waals surface area contributed by atoms with Crippen molar-refractivity contribution >= 4 is 27.4 Å². The van der Waals surface area contributed by atoms with Crippen LogP contribution in [0.2, 0.25) is 0 Å². The van der Waals surface area contributed by atoms with Gasteiger partial charge in [-0.15, -0.1) is 24.5 Å². The van der Waals surface area contributed by atoms with Gasteiger partial charge in [0.2, 0.25) is 0 Å². The van der Waals surface area contributed by atoms with Gasteiger partial charge in [-0.3, -0.25) is 4.79 Å². The van der Waals surface area contributed by atoms with E-state index >= 15 is 0 Å². The van der Waals surface area contributed by atoms with Crippen molar-refractivity contribution in [1.82, 2.24) is 0 Å². The van der Waals surface area contributed by atoms with Gasteiger partial charge < -0.3 is 25.7 Å². The average Bonchev–Trinajstić information content (AvgIpc) is 3.35. The Kier molecular flexibility index (Phi) is 11.9. The fourth-order valence-electron chi connectivity index (χ4n) is 5.20. The summed E-state index contributed by atoms with van der Waals surface area (Å²) in [5.41, 5.74) is 7.61. The van der Waals surface area contributed by atoms with Crippen LogP contribution in [-0.2, 0) is 16.0 Å². The molecule has 0 amide bonds. The Balaban J connectivity index is 1.81. The number of unbranched alkanes of at least 4 members (excludes halogenated alkanes) is 2. The van der Waals surface area contributed by atoms with Gasteiger partial charge in [-0.1, -0.05) is 25.8 Å². The van der Waals surface area contributed by atoms with Crippen LogP contribution in [-0.4, -0.2) is 42.8 Å². The number of ether oxygens (including phenoxy) is 3. The molecule has 0 aliphatic carbocycles. The van der Waals surface area contributed by atoms with E-state index in [1.807, 2.05) is 6.92 Å². The Morgan fingerprint density at radius 3 is 2.10 bits per heavy atom. The molecule has 6 nitrogen and oxygen atoms in total. The smallest absolute Gasteiger partial charge is 0.492 e. The number of aryl methyl sites for hydroxylation is 1. The Morgan fingerprint density at radius 1 is 0.854 bits per heavy atom. The highest BCUT2D eigenvalue weighted by molar-refractivity contribution is 7.22. The van der Waals surface area contributed by atoms with Crippen molar-refractivity contribution in [1.29, 1.82) is 0 Å². The zero-order chi connectivity index (χ0) is 36.3. The van der Waals surface area contributed by atoms with Gasteiger partial charge in [-0.05, 0) is 108 Å². The van der Waals surface area contributed by atoms with Gasteiger partial charge in [-0.25, -0.2) is 0 Å². The second-order valence-corrected chi connectivity index (χ2v) is 15.4. The number of hydrogen-bond acceptors (Lipinski definition) is 7. The lowest BCUT2D eigenvalue weighted by molar-refractivity contribution is -0.274. The van der Waals surface area contributed by atoms with Gasteiger partial charge in [0.15, 0.2) is 0 Å². The summed E-state index contributed by atoms with van der Waals surface area (Å²) >= 11 is 1.15. The fraction of sp³-hybridized carbons (Fsp3) is 0.571. The predicted octanol–water partition coefficient (Wildman–Crippen LogP) is 9.56. The molecule has 4 N–H and O–H groups in total. The summed E-state index contributed by atoms with van der Waals surface area (Å²) in [6, 6.07) is 11.1. The van der Waals surface area contributed by atoms with E-state index in [9.17, 15) is 31.1 Å². The maximum Gasteiger partial charge on any atom is 0.573 e. The van der Waals surface area contributed by atoms with Crippen LogP contribution in [0.3, 0.4) is 0 Å². The number of thiophene rings is 1. The first-order valence-corrected chi connectivity index (χ1v) is 16.6. The molecule has 0 saturated carbocycles. The number of carbonyl (C=O) groups is 1. The molecule has 48 heavy (non-hydrogen) atoms. The van der Waals surface area contributed by atoms with E-state index in [4.69, 9.17) is 20.9 Å². The van der Waals surface area contributed by atoms with Crippen molar-refractivity contribution in [2.75, 3.05) is 13.2 Å². The maximum absolute atomic E-state index is 14.3. The van der Waals surface area contributed by atoms with E-state index in [0.717, 1.165) is 43.1 Å². The lowest BCUT2D eigenvalue weighted by atomic mass is 9.68. The molecule has 13 heteroatoms. The third kappa shape index (κ3) is 10.0. The average molecular weight is 705 g/mol. The van der Waals surface area contributed by atoms with Crippen LogP contribution >= 0.6 is 11.3 Å². The molecular weight excluding hydrogens is 658 g/mol. The molecule has 2 aromatic carbocycles. The predicted molar refractivity (Wildman–Crippen MR) is 177 cm³/mol. The largest absolute Gasteiger partial charge is 0.573 e. The van der Waals surface area contributed by atoms with Gasteiger partial charge >= 0.3 is 18.5 Å². The molecule has 0 spiro atoms. The Labute approximate surface area is 282 Å². The number of carbonyl (C=O) groups excluding carboxylic acids is 1. The summed E-state index contributed by atoms with van der Waals surface area (Å²) in [6.45, 7) is 9.14. The molecular formula is C35H46F6N2O4S. The topological polar surface area (TPSA) is 96.8 Å². The van der Waals surface area contributed by atoms with E-state index in [0.29, 0.717) is 21.4 Å². The van der Waals surface area contributed by atoms with Crippen molar-refractivity contribution in [3.05, 3.63) is 48.0 Å². The normalized spacial score (nSPS) is 15.6. The van der Waals surface area contributed by atoms with Gasteiger partial charge in [0.25, 0.3) is 0 Å². The minimum Gasteiger partial charge on any atom is -0.492 e. The first-order chi connectivity index (χ1) is 21.9. The van der Waals surface area contributed by atoms with Crippen LogP contribution in [0, 0.1) is 10.8 Å². The van der Waals surface area contributed by atoms with E-state index in [2.05, 4.69) is 4.74 Å². The molecule has 0 bridgehead atoms. The molecule has 0 saturated heterocycles. The van der Waals surface area contributed by atoms with Crippen LogP contribution in [0.1, 0.15) is 79.7 Å². The second-order valence-electron chi connectivity index (χ2n) is 14.3. The first kappa shape index (κ1) is 39.4. The molecule has 268 valence electrons. The molecule has 3 rings (SSSR count). The minimum atomic E-state index is -4.89. The standard InChI is InChI=1S/C35H46F6N2O4S/c1-8-9-10-11-22-12-15-25(26(16-22)47-35(39,40)41)28-17-23-13-14-24(18-27(23)48-28)45-20-32(6,34(36,37)38)21-46-29(44)31(4,5)33(7,43)19-30(2,3)42/h12-18H,8-11,19-21,42-43H2,1-7H3. The molecule has 2 unspecified atom stereocenters. The molecule has 3 aromatic rings. The summed E-state index contributed by atoms with van der Waals surface area (Å²) in [5, 5.41) is 0.660. The van der Waals surface area contributed by atoms with Crippen LogP contribution in [0.15, 0.2) is 42.5 Å². The zero-order valence-electron chi connectivity index (χ0n) is 28.5. The summed E-state index contributed by atoms with van der Waals surface area (Å²) in [5.74, 6) is -1.11. The second kappa shape index (κ2) is 14.4. The number of esters is 1. The van der Waals surface area contributed by atoms with Crippen molar-refractivity contribution in [2.45, 2.75) is 104 Å². The van der Waals surface area contributed by atoms with E-state index in [-0.39, 0.29) is 23.5 Å². The van der Waals surface area contributed by atoms with E-state index in [1.54, 1.807) is 45.0 Å². The van der Waals surface area contributed by atoms with Gasteiger partial charge in [-0.2, -0.15) is 13.2 Å². The molecule has 0 aliphatic heterocycles. The number of benzene rings is 2. The molecule has 0 radical (unpaired) electrons. The van der Waals surface area contributed by atoms with Crippen molar-refractivity contribution in [2.24, 2.45) is 22.3 Å². The van der Waals surface area contributed by atoms with Crippen LogP contribution in [0.5, 0.6) is 11.5 Å². The van der Waals surface area contributed by atoms with Gasteiger partial charge in [0, 0.05) is 26.2 Å². The highest BCUT2D eigenvalue weighted by atomic mass is 32.1. The summed E-state index contributed by atoms with van der Waals surface area (Å²) in [6.07, 6.45) is -6.12. The zero-order valence-corrected chi connectivity index (χ0v) is 29.3. The fourth-order valence-corrected chi connectivity index (χ4v) is 6.32. The third-order valence-corrected chi connectivity index (χ3v) is 9.75.